The molecule has 0 aliphatic heterocycles. The predicted octanol–water partition coefficient (Wildman–Crippen LogP) is 4.03. The highest BCUT2D eigenvalue weighted by molar-refractivity contribution is 7.19. The number of nitrogens with zero attached hydrogens (tertiary/aromatic N) is 3. The predicted molar refractivity (Wildman–Crippen MR) is 134 cm³/mol. The minimum absolute atomic E-state index is 0.0430. The van der Waals surface area contributed by atoms with Crippen molar-refractivity contribution < 1.29 is 14.6 Å². The summed E-state index contributed by atoms with van der Waals surface area (Å²) in [4.78, 5) is 39.6. The summed E-state index contributed by atoms with van der Waals surface area (Å²) in [5.74, 6) is 0.731. The van der Waals surface area contributed by atoms with Crippen molar-refractivity contribution in [2.24, 2.45) is 0 Å². The van der Waals surface area contributed by atoms with Gasteiger partial charge < -0.3 is 25.0 Å². The number of carbonyl (C=O) groups is 1. The highest BCUT2D eigenvalue weighted by Gasteiger charge is 2.29. The quantitative estimate of drug-likeness (QED) is 0.366. The van der Waals surface area contributed by atoms with Crippen LogP contribution in [0.4, 0.5) is 16.3 Å². The number of anilines is 2. The summed E-state index contributed by atoms with van der Waals surface area (Å²) in [5, 5.41) is 13.7. The Morgan fingerprint density at radius 1 is 1.35 bits per heavy atom. The molecule has 3 N–H and O–H groups in total. The van der Waals surface area contributed by atoms with Crippen LogP contribution in [0.25, 0.3) is 20.4 Å². The Balaban J connectivity index is 1.38. The summed E-state index contributed by atoms with van der Waals surface area (Å²) in [6, 6.07) is 5.69. The Hall–Kier alpha value is -3.02. The summed E-state index contributed by atoms with van der Waals surface area (Å²) in [7, 11) is 0. The lowest BCUT2D eigenvalue weighted by atomic mass is 9.94. The van der Waals surface area contributed by atoms with E-state index in [1.54, 1.807) is 22.6 Å². The molecule has 178 valence electrons. The Bertz CT molecular complexity index is 1410. The highest BCUT2D eigenvalue weighted by atomic mass is 32.1. The number of thiophene rings is 1. The Labute approximate surface area is 203 Å². The third-order valence-electron chi connectivity index (χ3n) is 5.95. The van der Waals surface area contributed by atoms with Crippen LogP contribution >= 0.6 is 22.7 Å². The van der Waals surface area contributed by atoms with Crippen LogP contribution in [0.1, 0.15) is 30.7 Å². The van der Waals surface area contributed by atoms with Crippen LogP contribution in [0, 0.1) is 0 Å². The largest absolute Gasteiger partial charge is 0.446 e. The number of hydrogen-bond donors (Lipinski definition) is 3. The van der Waals surface area contributed by atoms with Crippen LogP contribution < -0.4 is 10.2 Å². The Morgan fingerprint density at radius 3 is 3.00 bits per heavy atom. The molecule has 0 saturated heterocycles. The Kier molecular flexibility index (Phi) is 6.24. The number of benzene rings is 1. The van der Waals surface area contributed by atoms with Crippen molar-refractivity contribution in [3.63, 3.8) is 0 Å². The summed E-state index contributed by atoms with van der Waals surface area (Å²) in [5.41, 5.74) is 2.86. The number of amides is 1. The van der Waals surface area contributed by atoms with E-state index in [2.05, 4.69) is 20.3 Å². The van der Waals surface area contributed by atoms with E-state index in [1.165, 1.54) is 16.9 Å². The van der Waals surface area contributed by atoms with Gasteiger partial charge in [0.2, 0.25) is 0 Å². The molecule has 1 amide bonds. The zero-order valence-electron chi connectivity index (χ0n) is 18.8. The third kappa shape index (κ3) is 4.38. The summed E-state index contributed by atoms with van der Waals surface area (Å²) in [6.07, 6.45) is 3.06. The number of fused-ring (bicyclic) bond motifs is 4. The topological polar surface area (TPSA) is 120 Å². The van der Waals surface area contributed by atoms with Gasteiger partial charge in [0.25, 0.3) is 0 Å². The van der Waals surface area contributed by atoms with E-state index in [4.69, 9.17) is 4.74 Å². The molecular weight excluding hydrogens is 474 g/mol. The van der Waals surface area contributed by atoms with Crippen LogP contribution in [-0.2, 0) is 17.6 Å². The average molecular weight is 500 g/mol. The highest BCUT2D eigenvalue weighted by Crippen LogP contribution is 2.39. The number of nitrogens with one attached hydrogen (secondary N) is 2. The first-order valence-corrected chi connectivity index (χ1v) is 12.8. The minimum atomic E-state index is -0.386. The molecule has 9 nitrogen and oxygen atoms in total. The molecule has 11 heteroatoms. The summed E-state index contributed by atoms with van der Waals surface area (Å²) < 4.78 is 6.68. The molecule has 0 spiro atoms. The van der Waals surface area contributed by atoms with Crippen molar-refractivity contribution >= 4 is 60.7 Å². The molecule has 1 atom stereocenters. The number of aliphatic hydroxyl groups excluding tert-OH is 1. The maximum absolute atomic E-state index is 12.6. The van der Waals surface area contributed by atoms with Crippen LogP contribution in [0.15, 0.2) is 29.3 Å². The molecule has 1 unspecified atom stereocenters. The molecule has 0 radical (unpaired) electrons. The van der Waals surface area contributed by atoms with Gasteiger partial charge in [0.1, 0.15) is 23.1 Å². The molecule has 34 heavy (non-hydrogen) atoms. The van der Waals surface area contributed by atoms with E-state index in [0.29, 0.717) is 12.8 Å². The van der Waals surface area contributed by atoms with Crippen molar-refractivity contribution in [1.29, 1.82) is 0 Å². The lowest BCUT2D eigenvalue weighted by Crippen LogP contribution is -2.41. The molecule has 1 aromatic carbocycles. The van der Waals surface area contributed by atoms with Gasteiger partial charge in [-0.05, 0) is 50.5 Å². The fourth-order valence-electron chi connectivity index (χ4n) is 4.31. The maximum Gasteiger partial charge on any atom is 0.410 e. The first-order valence-electron chi connectivity index (χ1n) is 11.2. The van der Waals surface area contributed by atoms with Crippen molar-refractivity contribution in [3.8, 4) is 0 Å². The number of aryl methyl sites for hydroxylation is 1. The number of aliphatic hydroxyl groups is 1. The number of aromatic amines is 1. The van der Waals surface area contributed by atoms with Gasteiger partial charge in [0, 0.05) is 29.6 Å². The fourth-order valence-corrected chi connectivity index (χ4v) is 6.34. The molecule has 1 aliphatic rings. The molecule has 3 heterocycles. The second-order valence-corrected chi connectivity index (χ2v) is 10.6. The zero-order chi connectivity index (χ0) is 23.8. The van der Waals surface area contributed by atoms with E-state index in [1.807, 2.05) is 32.0 Å². The van der Waals surface area contributed by atoms with Gasteiger partial charge in [-0.2, -0.15) is 0 Å². The van der Waals surface area contributed by atoms with Crippen LogP contribution in [0.5, 0.6) is 0 Å². The maximum atomic E-state index is 12.6. The smallest absolute Gasteiger partial charge is 0.410 e. The first kappa shape index (κ1) is 22.8. The fraction of sp³-hybridized carbons (Fsp3) is 0.391. The standard InChI is InChI=1S/C23H25N5O4S2/c1-12(2)28(7-8-29)23(31)32-14-4-5-15-17(10-14)33-21-19(15)20(24-11-25-21)26-13-3-6-16-18(9-13)34-22(30)27-16/h3,6,9,11-12,14,29H,4-5,7-8,10H2,1-2H3,(H,27,30)(H,24,25,26). The molecule has 0 fully saturated rings. The third-order valence-corrected chi connectivity index (χ3v) is 7.96. The zero-order valence-corrected chi connectivity index (χ0v) is 20.5. The van der Waals surface area contributed by atoms with Crippen molar-refractivity contribution in [2.45, 2.75) is 45.3 Å². The second kappa shape index (κ2) is 9.32. The number of thiazole rings is 1. The monoisotopic (exact) mass is 499 g/mol. The normalized spacial score (nSPS) is 15.6. The molecule has 1 aliphatic carbocycles. The SMILES string of the molecule is CC(C)N(CCO)C(=O)OC1CCc2c(sc3ncnc(Nc4ccc5[nH]c(=O)sc5c4)c23)C1. The molecule has 4 aromatic rings. The van der Waals surface area contributed by atoms with E-state index < -0.39 is 0 Å². The summed E-state index contributed by atoms with van der Waals surface area (Å²) in [6.45, 7) is 3.97. The van der Waals surface area contributed by atoms with Gasteiger partial charge in [-0.1, -0.05) is 11.3 Å². The molecule has 0 saturated carbocycles. The van der Waals surface area contributed by atoms with Crippen molar-refractivity contribution in [1.82, 2.24) is 19.9 Å². The van der Waals surface area contributed by atoms with Gasteiger partial charge in [-0.25, -0.2) is 14.8 Å². The van der Waals surface area contributed by atoms with Crippen LogP contribution in [-0.4, -0.2) is 56.3 Å². The number of ether oxygens (including phenoxy) is 1. The number of rotatable bonds is 6. The van der Waals surface area contributed by atoms with E-state index in [0.717, 1.165) is 43.2 Å². The lowest BCUT2D eigenvalue weighted by molar-refractivity contribution is 0.0445. The molecule has 3 aromatic heterocycles. The van der Waals surface area contributed by atoms with E-state index in [9.17, 15) is 14.7 Å². The van der Waals surface area contributed by atoms with Crippen LogP contribution in [0.3, 0.4) is 0 Å². The lowest BCUT2D eigenvalue weighted by Gasteiger charge is -2.29. The number of H-pyrrole nitrogens is 1. The van der Waals surface area contributed by atoms with Gasteiger partial charge in [0.15, 0.2) is 0 Å². The van der Waals surface area contributed by atoms with Crippen LogP contribution in [0.2, 0.25) is 0 Å². The van der Waals surface area contributed by atoms with Crippen molar-refractivity contribution in [2.75, 3.05) is 18.5 Å². The average Bonchev–Trinajstić information content (AvgIpc) is 3.36. The number of carbonyl (C=O) groups excluding carboxylic acids is 1. The van der Waals surface area contributed by atoms with Gasteiger partial charge in [-0.3, -0.25) is 4.79 Å². The Morgan fingerprint density at radius 2 is 2.21 bits per heavy atom. The minimum Gasteiger partial charge on any atom is -0.446 e. The number of aromatic nitrogens is 3. The van der Waals surface area contributed by atoms with Gasteiger partial charge >= 0.3 is 11.0 Å². The molecular formula is C23H25N5O4S2. The van der Waals surface area contributed by atoms with Gasteiger partial charge in [0.05, 0.1) is 22.2 Å². The van der Waals surface area contributed by atoms with Crippen molar-refractivity contribution in [3.05, 3.63) is 44.6 Å². The molecule has 0 bridgehead atoms. The van der Waals surface area contributed by atoms with E-state index in [-0.39, 0.29) is 36.3 Å². The molecule has 5 rings (SSSR count). The number of hydrogen-bond acceptors (Lipinski definition) is 9. The summed E-state index contributed by atoms with van der Waals surface area (Å²) >= 11 is 2.78. The first-order chi connectivity index (χ1) is 16.4. The second-order valence-electron chi connectivity index (χ2n) is 8.52. The van der Waals surface area contributed by atoms with E-state index >= 15 is 0 Å². The van der Waals surface area contributed by atoms with Gasteiger partial charge in [-0.15, -0.1) is 11.3 Å².